The number of nitrogens with two attached hydrogens (primary N) is 3. The fourth-order valence-corrected chi connectivity index (χ4v) is 3.48. The number of nitrogens with zero attached hydrogens (tertiary/aromatic N) is 1. The molecule has 0 saturated heterocycles. The molecule has 36 heavy (non-hydrogen) atoms. The van der Waals surface area contributed by atoms with Crippen LogP contribution < -0.4 is 33.2 Å². The summed E-state index contributed by atoms with van der Waals surface area (Å²) >= 11 is 4.15. The average molecular weight is 524 g/mol. The van der Waals surface area contributed by atoms with E-state index in [0.717, 1.165) is 5.56 Å². The number of carboxylic acid groups (broad SMARTS) is 1. The zero-order valence-corrected chi connectivity index (χ0v) is 21.4. The molecule has 0 radical (unpaired) electrons. The van der Waals surface area contributed by atoms with E-state index < -0.39 is 47.9 Å². The third kappa shape index (κ3) is 11.0. The fraction of sp³-hybridized carbons (Fsp3) is 0.522. The SMILES string of the molecule is CC(C)C(NC(=O)C(Cc1ccccc1)NC(=O)C(CS)NC(=O)C(N)CCCN=C(N)N)C(=O)O. The van der Waals surface area contributed by atoms with Crippen LogP contribution in [0.15, 0.2) is 35.3 Å². The lowest BCUT2D eigenvalue weighted by molar-refractivity contribution is -0.143. The minimum absolute atomic E-state index is 0.0539. The second kappa shape index (κ2) is 15.6. The van der Waals surface area contributed by atoms with Crippen LogP contribution in [0.4, 0.5) is 0 Å². The Morgan fingerprint density at radius 2 is 1.56 bits per heavy atom. The first-order chi connectivity index (χ1) is 17.0. The van der Waals surface area contributed by atoms with E-state index >= 15 is 0 Å². The van der Waals surface area contributed by atoms with E-state index in [-0.39, 0.29) is 30.5 Å². The standard InChI is InChI=1S/C23H37N7O5S/c1-13(2)18(22(34)35)30-20(32)16(11-14-7-4-3-5-8-14)28-21(33)17(12-36)29-19(31)15(24)9-6-10-27-23(25)26/h3-5,7-8,13,15-18,36H,6,9-12,24H2,1-2H3,(H,28,33)(H,29,31)(H,30,32)(H,34,35)(H4,25,26,27). The predicted molar refractivity (Wildman–Crippen MR) is 140 cm³/mol. The Labute approximate surface area is 216 Å². The van der Waals surface area contributed by atoms with Crippen LogP contribution in [0.25, 0.3) is 0 Å². The normalized spacial score (nSPS) is 14.1. The van der Waals surface area contributed by atoms with E-state index in [2.05, 4.69) is 33.6 Å². The molecular formula is C23H37N7O5S. The summed E-state index contributed by atoms with van der Waals surface area (Å²) in [6.07, 6.45) is 0.860. The second-order valence-corrected chi connectivity index (χ2v) is 8.98. The molecule has 200 valence electrons. The number of carbonyl (C=O) groups excluding carboxylic acids is 3. The number of carboxylic acids is 1. The molecule has 13 heteroatoms. The van der Waals surface area contributed by atoms with E-state index in [1.165, 1.54) is 0 Å². The van der Waals surface area contributed by atoms with Gasteiger partial charge in [0.25, 0.3) is 0 Å². The second-order valence-electron chi connectivity index (χ2n) is 8.62. The number of rotatable bonds is 15. The van der Waals surface area contributed by atoms with Crippen LogP contribution in [-0.4, -0.2) is 71.2 Å². The Kier molecular flexibility index (Phi) is 13.3. The van der Waals surface area contributed by atoms with Crippen molar-refractivity contribution in [2.24, 2.45) is 28.1 Å². The van der Waals surface area contributed by atoms with Crippen LogP contribution >= 0.6 is 12.6 Å². The minimum atomic E-state index is -1.18. The fourth-order valence-electron chi connectivity index (χ4n) is 3.22. The van der Waals surface area contributed by atoms with Crippen molar-refractivity contribution in [2.75, 3.05) is 12.3 Å². The molecular weight excluding hydrogens is 486 g/mol. The summed E-state index contributed by atoms with van der Waals surface area (Å²) in [6, 6.07) is 4.74. The van der Waals surface area contributed by atoms with E-state index in [0.29, 0.717) is 13.0 Å². The number of nitrogens with one attached hydrogen (secondary N) is 3. The molecule has 0 aromatic heterocycles. The zero-order valence-electron chi connectivity index (χ0n) is 20.5. The molecule has 4 unspecified atom stereocenters. The molecule has 0 fully saturated rings. The highest BCUT2D eigenvalue weighted by atomic mass is 32.1. The largest absolute Gasteiger partial charge is 0.480 e. The molecule has 3 amide bonds. The third-order valence-corrected chi connectivity index (χ3v) is 5.63. The molecule has 0 aliphatic rings. The highest BCUT2D eigenvalue weighted by Gasteiger charge is 2.31. The molecule has 1 rings (SSSR count). The summed E-state index contributed by atoms with van der Waals surface area (Å²) in [4.78, 5) is 53.8. The lowest BCUT2D eigenvalue weighted by Crippen LogP contribution is -2.58. The first-order valence-electron chi connectivity index (χ1n) is 11.6. The number of guanidine groups is 1. The predicted octanol–water partition coefficient (Wildman–Crippen LogP) is -1.27. The third-order valence-electron chi connectivity index (χ3n) is 5.27. The molecule has 1 aromatic rings. The van der Waals surface area contributed by atoms with Gasteiger partial charge in [0.15, 0.2) is 5.96 Å². The van der Waals surface area contributed by atoms with Gasteiger partial charge in [0.2, 0.25) is 17.7 Å². The van der Waals surface area contributed by atoms with Crippen LogP contribution in [0.1, 0.15) is 32.3 Å². The van der Waals surface area contributed by atoms with Gasteiger partial charge in [-0.15, -0.1) is 0 Å². The van der Waals surface area contributed by atoms with Crippen molar-refractivity contribution in [3.8, 4) is 0 Å². The maximum Gasteiger partial charge on any atom is 0.326 e. The number of hydrogen-bond acceptors (Lipinski definition) is 7. The van der Waals surface area contributed by atoms with Crippen molar-refractivity contribution in [2.45, 2.75) is 57.3 Å². The highest BCUT2D eigenvalue weighted by molar-refractivity contribution is 7.80. The van der Waals surface area contributed by atoms with Gasteiger partial charge in [0.1, 0.15) is 18.1 Å². The van der Waals surface area contributed by atoms with Crippen molar-refractivity contribution < 1.29 is 24.3 Å². The van der Waals surface area contributed by atoms with E-state index in [1.54, 1.807) is 38.1 Å². The Bertz CT molecular complexity index is 909. The van der Waals surface area contributed by atoms with E-state index in [4.69, 9.17) is 17.2 Å². The van der Waals surface area contributed by atoms with Gasteiger partial charge in [-0.25, -0.2) is 4.79 Å². The lowest BCUT2D eigenvalue weighted by Gasteiger charge is -2.25. The average Bonchev–Trinajstić information content (AvgIpc) is 2.82. The number of amides is 3. The quantitative estimate of drug-likeness (QED) is 0.0599. The maximum atomic E-state index is 13.0. The summed E-state index contributed by atoms with van der Waals surface area (Å²) in [5.74, 6) is -3.55. The van der Waals surface area contributed by atoms with Gasteiger partial charge in [0, 0.05) is 18.7 Å². The first kappa shape index (κ1) is 30.7. The molecule has 0 aliphatic carbocycles. The topological polar surface area (TPSA) is 215 Å². The summed E-state index contributed by atoms with van der Waals surface area (Å²) in [7, 11) is 0. The van der Waals surface area contributed by atoms with E-state index in [9.17, 15) is 24.3 Å². The van der Waals surface area contributed by atoms with Gasteiger partial charge in [-0.1, -0.05) is 44.2 Å². The van der Waals surface area contributed by atoms with Gasteiger partial charge >= 0.3 is 5.97 Å². The van der Waals surface area contributed by atoms with Gasteiger partial charge in [0.05, 0.1) is 6.04 Å². The number of benzene rings is 1. The summed E-state index contributed by atoms with van der Waals surface area (Å²) in [5, 5.41) is 17.1. The lowest BCUT2D eigenvalue weighted by atomic mass is 10.0. The van der Waals surface area contributed by atoms with Crippen LogP contribution in [0.2, 0.25) is 0 Å². The van der Waals surface area contributed by atoms with Crippen LogP contribution in [0, 0.1) is 5.92 Å². The number of carbonyl (C=O) groups is 4. The minimum Gasteiger partial charge on any atom is -0.480 e. The molecule has 0 heterocycles. The first-order valence-corrected chi connectivity index (χ1v) is 12.2. The Balaban J connectivity index is 2.91. The van der Waals surface area contributed by atoms with Crippen molar-refractivity contribution in [1.29, 1.82) is 0 Å². The Morgan fingerprint density at radius 1 is 0.972 bits per heavy atom. The molecule has 0 aliphatic heterocycles. The van der Waals surface area contributed by atoms with Crippen LogP contribution in [-0.2, 0) is 25.6 Å². The van der Waals surface area contributed by atoms with Gasteiger partial charge < -0.3 is 38.3 Å². The monoisotopic (exact) mass is 523 g/mol. The summed E-state index contributed by atoms with van der Waals surface area (Å²) in [5.41, 5.74) is 17.2. The molecule has 4 atom stereocenters. The van der Waals surface area contributed by atoms with Crippen LogP contribution in [0.5, 0.6) is 0 Å². The van der Waals surface area contributed by atoms with Gasteiger partial charge in [-0.2, -0.15) is 12.6 Å². The van der Waals surface area contributed by atoms with Gasteiger partial charge in [-0.3, -0.25) is 19.4 Å². The van der Waals surface area contributed by atoms with Crippen molar-refractivity contribution >= 4 is 42.3 Å². The van der Waals surface area contributed by atoms with E-state index in [1.807, 2.05) is 6.07 Å². The number of aliphatic carboxylic acids is 1. The highest BCUT2D eigenvalue weighted by Crippen LogP contribution is 2.07. The molecule has 0 spiro atoms. The molecule has 12 nitrogen and oxygen atoms in total. The zero-order chi connectivity index (χ0) is 27.3. The van der Waals surface area contributed by atoms with Crippen molar-refractivity contribution in [3.05, 3.63) is 35.9 Å². The molecule has 0 bridgehead atoms. The van der Waals surface area contributed by atoms with Crippen molar-refractivity contribution in [3.63, 3.8) is 0 Å². The summed E-state index contributed by atoms with van der Waals surface area (Å²) in [6.45, 7) is 3.64. The number of hydrogen-bond donors (Lipinski definition) is 8. The van der Waals surface area contributed by atoms with Gasteiger partial charge in [-0.05, 0) is 24.3 Å². The number of thiol groups is 1. The number of aliphatic imine (C=N–C) groups is 1. The Hall–Kier alpha value is -3.32. The molecule has 0 saturated carbocycles. The van der Waals surface area contributed by atoms with Crippen molar-refractivity contribution in [1.82, 2.24) is 16.0 Å². The summed E-state index contributed by atoms with van der Waals surface area (Å²) < 4.78 is 0. The molecule has 10 N–H and O–H groups in total. The maximum absolute atomic E-state index is 13.0. The molecule has 1 aromatic carbocycles. The smallest absolute Gasteiger partial charge is 0.326 e. The van der Waals surface area contributed by atoms with Crippen LogP contribution in [0.3, 0.4) is 0 Å². The Morgan fingerprint density at radius 3 is 2.08 bits per heavy atom.